The Hall–Kier alpha value is -0.900. The van der Waals surface area contributed by atoms with Gasteiger partial charge in [-0.1, -0.05) is 18.2 Å². The van der Waals surface area contributed by atoms with Crippen molar-refractivity contribution in [1.29, 1.82) is 0 Å². The third kappa shape index (κ3) is 2.82. The van der Waals surface area contributed by atoms with E-state index in [0.717, 1.165) is 6.42 Å². The molecule has 1 atom stereocenters. The lowest BCUT2D eigenvalue weighted by Crippen LogP contribution is -2.34. The normalized spacial score (nSPS) is 15.8. The number of aliphatic hydroxyl groups excluding tert-OH is 1. The highest BCUT2D eigenvalue weighted by atomic mass is 16.5. The van der Waals surface area contributed by atoms with Crippen molar-refractivity contribution < 1.29 is 10.2 Å². The lowest BCUT2D eigenvalue weighted by Gasteiger charge is -2.21. The van der Waals surface area contributed by atoms with Crippen LogP contribution in [-0.4, -0.2) is 29.1 Å². The quantitative estimate of drug-likeness (QED) is 0.639. The number of nitrogens with one attached hydrogen (secondary N) is 1. The maximum absolute atomic E-state index is 8.75. The maximum atomic E-state index is 8.75. The van der Waals surface area contributed by atoms with Crippen LogP contribution in [0.25, 0.3) is 0 Å². The predicted molar refractivity (Wildman–Crippen MR) is 63.2 cm³/mol. The molecule has 0 saturated carbocycles. The molecule has 0 aliphatic heterocycles. The summed E-state index contributed by atoms with van der Waals surface area (Å²) in [4.78, 5) is 0. The van der Waals surface area contributed by atoms with Crippen LogP contribution in [0.15, 0.2) is 18.2 Å². The first-order valence-electron chi connectivity index (χ1n) is 5.85. The zero-order chi connectivity index (χ0) is 11.5. The number of hydrogen-bond donors (Lipinski definition) is 3. The van der Waals surface area contributed by atoms with E-state index in [0.29, 0.717) is 0 Å². The van der Waals surface area contributed by atoms with Crippen LogP contribution in [0, 0.1) is 0 Å². The van der Waals surface area contributed by atoms with Crippen LogP contribution >= 0.6 is 0 Å². The number of benzene rings is 1. The number of fused-ring (bicyclic) bond motifs is 1. The first kappa shape index (κ1) is 11.6. The van der Waals surface area contributed by atoms with E-state index in [-0.39, 0.29) is 12.6 Å². The van der Waals surface area contributed by atoms with E-state index in [1.165, 1.54) is 29.5 Å². The molecule has 16 heavy (non-hydrogen) atoms. The molecule has 0 heterocycles. The molecule has 0 saturated heterocycles. The number of hydrogen-bond acceptors (Lipinski definition) is 3. The molecule has 0 spiro atoms. The molecule has 3 nitrogen and oxygen atoms in total. The Balaban J connectivity index is 1.86. The molecule has 1 unspecified atom stereocenters. The van der Waals surface area contributed by atoms with Gasteiger partial charge in [0.2, 0.25) is 0 Å². The molecule has 0 aromatic heterocycles. The minimum Gasteiger partial charge on any atom is -0.367 e. The van der Waals surface area contributed by atoms with E-state index in [1.54, 1.807) is 0 Å². The molecule has 1 aromatic rings. The topological polar surface area (TPSA) is 52.5 Å². The highest BCUT2D eigenvalue weighted by Gasteiger charge is 2.13. The van der Waals surface area contributed by atoms with Crippen molar-refractivity contribution in [2.75, 3.05) is 6.54 Å². The fourth-order valence-electron chi connectivity index (χ4n) is 2.11. The fourth-order valence-corrected chi connectivity index (χ4v) is 2.11. The summed E-state index contributed by atoms with van der Waals surface area (Å²) in [5.74, 6) is 0. The van der Waals surface area contributed by atoms with E-state index in [9.17, 15) is 0 Å². The molecule has 1 aliphatic rings. The van der Waals surface area contributed by atoms with Crippen LogP contribution in [0.3, 0.4) is 0 Å². The van der Waals surface area contributed by atoms with E-state index in [4.69, 9.17) is 10.2 Å². The summed E-state index contributed by atoms with van der Waals surface area (Å²) >= 11 is 0. The van der Waals surface area contributed by atoms with Gasteiger partial charge in [0.25, 0.3) is 0 Å². The second kappa shape index (κ2) is 4.95. The van der Waals surface area contributed by atoms with Crippen molar-refractivity contribution in [3.8, 4) is 0 Å². The minimum atomic E-state index is -1.26. The van der Waals surface area contributed by atoms with Crippen molar-refractivity contribution >= 4 is 0 Å². The Labute approximate surface area is 96.1 Å². The molecular weight excluding hydrogens is 202 g/mol. The van der Waals surface area contributed by atoms with Crippen LogP contribution in [0.2, 0.25) is 0 Å². The van der Waals surface area contributed by atoms with Crippen LogP contribution in [-0.2, 0) is 19.3 Å². The maximum Gasteiger partial charge on any atom is 0.164 e. The summed E-state index contributed by atoms with van der Waals surface area (Å²) in [7, 11) is 0. The summed E-state index contributed by atoms with van der Waals surface area (Å²) in [6.45, 7) is 2.29. The van der Waals surface area contributed by atoms with Crippen molar-refractivity contribution in [2.45, 2.75) is 38.5 Å². The lowest BCUT2D eigenvalue weighted by molar-refractivity contribution is -0.0385. The fraction of sp³-hybridized carbons (Fsp3) is 0.538. The van der Waals surface area contributed by atoms with Gasteiger partial charge in [-0.2, -0.15) is 0 Å². The monoisotopic (exact) mass is 221 g/mol. The van der Waals surface area contributed by atoms with Crippen LogP contribution in [0.4, 0.5) is 0 Å². The van der Waals surface area contributed by atoms with E-state index < -0.39 is 6.29 Å². The highest BCUT2D eigenvalue weighted by molar-refractivity contribution is 5.38. The molecular formula is C13H19NO2. The third-order valence-electron chi connectivity index (χ3n) is 3.13. The lowest BCUT2D eigenvalue weighted by atomic mass is 9.86. The first-order chi connectivity index (χ1) is 7.65. The van der Waals surface area contributed by atoms with Gasteiger partial charge >= 0.3 is 0 Å². The Morgan fingerprint density at radius 3 is 2.56 bits per heavy atom. The van der Waals surface area contributed by atoms with Gasteiger partial charge in [-0.05, 0) is 42.9 Å². The highest BCUT2D eigenvalue weighted by Crippen LogP contribution is 2.24. The molecule has 2 rings (SSSR count). The summed E-state index contributed by atoms with van der Waals surface area (Å²) in [5, 5.41) is 20.6. The third-order valence-corrected chi connectivity index (χ3v) is 3.13. The van der Waals surface area contributed by atoms with Crippen molar-refractivity contribution in [3.63, 3.8) is 0 Å². The van der Waals surface area contributed by atoms with Gasteiger partial charge in [-0.3, -0.25) is 0 Å². The van der Waals surface area contributed by atoms with Gasteiger partial charge in [0.05, 0.1) is 0 Å². The second-order valence-electron chi connectivity index (χ2n) is 4.60. The SMILES string of the molecule is CC(Cc1ccc2c(c1)CC2)NCC(O)O. The molecule has 0 bridgehead atoms. The number of aryl methyl sites for hydroxylation is 2. The van der Waals surface area contributed by atoms with Gasteiger partial charge in [-0.15, -0.1) is 0 Å². The van der Waals surface area contributed by atoms with Crippen LogP contribution < -0.4 is 5.32 Å². The Bertz CT molecular complexity index is 363. The zero-order valence-corrected chi connectivity index (χ0v) is 9.61. The second-order valence-corrected chi connectivity index (χ2v) is 4.60. The standard InChI is InChI=1S/C13H19NO2/c1-9(14-8-13(15)16)6-10-2-3-11-4-5-12(11)7-10/h2-3,7,9,13-16H,4-6,8H2,1H3. The van der Waals surface area contributed by atoms with Gasteiger partial charge in [0, 0.05) is 12.6 Å². The Morgan fingerprint density at radius 1 is 1.25 bits per heavy atom. The molecule has 0 radical (unpaired) electrons. The number of rotatable bonds is 5. The average molecular weight is 221 g/mol. The molecule has 1 aliphatic carbocycles. The van der Waals surface area contributed by atoms with Gasteiger partial charge in [0.1, 0.15) is 0 Å². The molecule has 0 fully saturated rings. The van der Waals surface area contributed by atoms with Gasteiger partial charge in [-0.25, -0.2) is 0 Å². The largest absolute Gasteiger partial charge is 0.367 e. The summed E-state index contributed by atoms with van der Waals surface area (Å²) in [6.07, 6.45) is 2.10. The molecule has 3 N–H and O–H groups in total. The first-order valence-corrected chi connectivity index (χ1v) is 5.85. The summed E-state index contributed by atoms with van der Waals surface area (Å²) < 4.78 is 0. The number of aliphatic hydroxyl groups is 2. The van der Waals surface area contributed by atoms with Crippen LogP contribution in [0.5, 0.6) is 0 Å². The molecule has 0 amide bonds. The smallest absolute Gasteiger partial charge is 0.164 e. The van der Waals surface area contributed by atoms with Crippen molar-refractivity contribution in [3.05, 3.63) is 34.9 Å². The molecule has 88 valence electrons. The van der Waals surface area contributed by atoms with E-state index in [1.807, 2.05) is 0 Å². The van der Waals surface area contributed by atoms with Crippen LogP contribution in [0.1, 0.15) is 23.6 Å². The van der Waals surface area contributed by atoms with Gasteiger partial charge in [0.15, 0.2) is 6.29 Å². The molecule has 3 heteroatoms. The van der Waals surface area contributed by atoms with Crippen molar-refractivity contribution in [2.24, 2.45) is 0 Å². The summed E-state index contributed by atoms with van der Waals surface area (Å²) in [5.41, 5.74) is 4.29. The van der Waals surface area contributed by atoms with Crippen molar-refractivity contribution in [1.82, 2.24) is 5.32 Å². The van der Waals surface area contributed by atoms with E-state index in [2.05, 4.69) is 30.4 Å². The van der Waals surface area contributed by atoms with Gasteiger partial charge < -0.3 is 15.5 Å². The summed E-state index contributed by atoms with van der Waals surface area (Å²) in [6, 6.07) is 6.92. The van der Waals surface area contributed by atoms with E-state index >= 15 is 0 Å². The Kier molecular flexibility index (Phi) is 3.59. The Morgan fingerprint density at radius 2 is 2.00 bits per heavy atom. The average Bonchev–Trinajstić information content (AvgIpc) is 2.19. The molecule has 1 aromatic carbocycles. The minimum absolute atomic E-state index is 0.228. The zero-order valence-electron chi connectivity index (χ0n) is 9.61. The predicted octanol–water partition coefficient (Wildman–Crippen LogP) is 0.616.